The van der Waals surface area contributed by atoms with Crippen LogP contribution in [0.15, 0.2) is 18.2 Å². The third kappa shape index (κ3) is 5.44. The second-order valence-corrected chi connectivity index (χ2v) is 5.11. The summed E-state index contributed by atoms with van der Waals surface area (Å²) >= 11 is 0. The maximum Gasteiger partial charge on any atom is 0.325 e. The minimum Gasteiger partial charge on any atom is -0.480 e. The largest absolute Gasteiger partial charge is 0.480 e. The Morgan fingerprint density at radius 3 is 2.57 bits per heavy atom. The number of aryl methyl sites for hydroxylation is 1. The zero-order chi connectivity index (χ0) is 15.8. The number of halogens is 1. The fraction of sp³-hybridized carbons (Fsp3) is 0.562. The second-order valence-electron chi connectivity index (χ2n) is 5.11. The number of aliphatic carboxylic acids is 1. The average Bonchev–Trinajstić information content (AvgIpc) is 2.46. The predicted octanol–water partition coefficient (Wildman–Crippen LogP) is 2.58. The van der Waals surface area contributed by atoms with Gasteiger partial charge in [0.05, 0.1) is 0 Å². The highest BCUT2D eigenvalue weighted by atomic mass is 19.1. The fourth-order valence-electron chi connectivity index (χ4n) is 2.28. The lowest BCUT2D eigenvalue weighted by Crippen LogP contribution is -2.32. The highest BCUT2D eigenvalue weighted by molar-refractivity contribution is 5.75. The zero-order valence-electron chi connectivity index (χ0n) is 13.0. The van der Waals surface area contributed by atoms with E-state index < -0.39 is 12.0 Å². The second kappa shape index (κ2) is 8.74. The number of carboxylic acids is 1. The van der Waals surface area contributed by atoms with Crippen molar-refractivity contribution < 1.29 is 14.3 Å². The highest BCUT2D eigenvalue weighted by Gasteiger charge is 2.19. The van der Waals surface area contributed by atoms with Crippen molar-refractivity contribution in [3.05, 3.63) is 35.1 Å². The molecule has 0 saturated heterocycles. The summed E-state index contributed by atoms with van der Waals surface area (Å²) in [6.07, 6.45) is 0.881. The molecule has 21 heavy (non-hydrogen) atoms. The molecule has 1 unspecified atom stereocenters. The molecule has 1 atom stereocenters. The van der Waals surface area contributed by atoms with Gasteiger partial charge in [-0.3, -0.25) is 4.79 Å². The summed E-state index contributed by atoms with van der Waals surface area (Å²) in [6.45, 7) is 9.40. The Morgan fingerprint density at radius 1 is 1.38 bits per heavy atom. The van der Waals surface area contributed by atoms with Gasteiger partial charge in [0.1, 0.15) is 11.9 Å². The first-order valence-electron chi connectivity index (χ1n) is 7.44. The van der Waals surface area contributed by atoms with E-state index in [0.29, 0.717) is 17.7 Å². The van der Waals surface area contributed by atoms with Crippen LogP contribution in [0.5, 0.6) is 0 Å². The average molecular weight is 296 g/mol. The van der Waals surface area contributed by atoms with Gasteiger partial charge in [-0.1, -0.05) is 26.0 Å². The third-order valence-electron chi connectivity index (χ3n) is 3.66. The van der Waals surface area contributed by atoms with Crippen molar-refractivity contribution in [3.63, 3.8) is 0 Å². The minimum atomic E-state index is -0.941. The Kier molecular flexibility index (Phi) is 7.32. The lowest BCUT2D eigenvalue weighted by atomic mass is 10.0. The van der Waals surface area contributed by atoms with Crippen LogP contribution >= 0.6 is 0 Å². The molecule has 4 nitrogen and oxygen atoms in total. The first-order valence-corrected chi connectivity index (χ1v) is 7.44. The van der Waals surface area contributed by atoms with Crippen LogP contribution in [-0.4, -0.2) is 42.2 Å². The summed E-state index contributed by atoms with van der Waals surface area (Å²) in [5, 5.41) is 12.4. The standard InChI is InChI=1S/C16H25FN2O2/c1-4-19(5-2)10-6-9-18-15(16(20)21)13-7-8-14(17)12(3)11-13/h7-8,11,15,18H,4-6,9-10H2,1-3H3,(H,20,21). The van der Waals surface area contributed by atoms with Gasteiger partial charge in [0.15, 0.2) is 0 Å². The van der Waals surface area contributed by atoms with E-state index in [0.717, 1.165) is 26.1 Å². The van der Waals surface area contributed by atoms with Gasteiger partial charge in [-0.2, -0.15) is 0 Å². The molecule has 2 N–H and O–H groups in total. The van der Waals surface area contributed by atoms with Gasteiger partial charge in [-0.05, 0) is 56.7 Å². The number of hydrogen-bond donors (Lipinski definition) is 2. The van der Waals surface area contributed by atoms with Crippen molar-refractivity contribution >= 4 is 5.97 Å². The molecule has 5 heteroatoms. The quantitative estimate of drug-likeness (QED) is 0.688. The van der Waals surface area contributed by atoms with Crippen molar-refractivity contribution in [2.75, 3.05) is 26.2 Å². The molecule has 0 bridgehead atoms. The van der Waals surface area contributed by atoms with Crippen LogP contribution in [0.3, 0.4) is 0 Å². The number of hydrogen-bond acceptors (Lipinski definition) is 3. The molecule has 0 aromatic heterocycles. The number of benzene rings is 1. The Morgan fingerprint density at radius 2 is 2.05 bits per heavy atom. The first-order chi connectivity index (χ1) is 9.99. The van der Waals surface area contributed by atoms with E-state index in [1.54, 1.807) is 13.0 Å². The minimum absolute atomic E-state index is 0.315. The molecular weight excluding hydrogens is 271 g/mol. The summed E-state index contributed by atoms with van der Waals surface area (Å²) in [5.41, 5.74) is 1.05. The third-order valence-corrected chi connectivity index (χ3v) is 3.66. The molecule has 0 saturated carbocycles. The molecule has 0 spiro atoms. The van der Waals surface area contributed by atoms with E-state index in [1.807, 2.05) is 0 Å². The SMILES string of the molecule is CCN(CC)CCCNC(C(=O)O)c1ccc(F)c(C)c1. The molecule has 0 aliphatic rings. The monoisotopic (exact) mass is 296 g/mol. The molecule has 1 rings (SSSR count). The van der Waals surface area contributed by atoms with Gasteiger partial charge < -0.3 is 15.3 Å². The lowest BCUT2D eigenvalue weighted by molar-refractivity contribution is -0.139. The summed E-state index contributed by atoms with van der Waals surface area (Å²) in [7, 11) is 0. The van der Waals surface area contributed by atoms with Gasteiger partial charge in [0.25, 0.3) is 0 Å². The van der Waals surface area contributed by atoms with Crippen molar-refractivity contribution in [3.8, 4) is 0 Å². The molecule has 1 aromatic carbocycles. The van der Waals surface area contributed by atoms with Crippen LogP contribution in [0, 0.1) is 12.7 Å². The maximum absolute atomic E-state index is 13.3. The number of carboxylic acid groups (broad SMARTS) is 1. The number of nitrogens with zero attached hydrogens (tertiary/aromatic N) is 1. The zero-order valence-corrected chi connectivity index (χ0v) is 13.0. The van der Waals surface area contributed by atoms with E-state index in [2.05, 4.69) is 24.1 Å². The Labute approximate surface area is 126 Å². The number of carbonyl (C=O) groups is 1. The molecule has 0 aliphatic carbocycles. The van der Waals surface area contributed by atoms with Crippen LogP contribution in [0.25, 0.3) is 0 Å². The summed E-state index contributed by atoms with van der Waals surface area (Å²) in [6, 6.07) is 3.64. The van der Waals surface area contributed by atoms with E-state index in [-0.39, 0.29) is 5.82 Å². The number of rotatable bonds is 9. The van der Waals surface area contributed by atoms with Crippen molar-refractivity contribution in [2.45, 2.75) is 33.2 Å². The van der Waals surface area contributed by atoms with Crippen LogP contribution in [0.4, 0.5) is 4.39 Å². The Hall–Kier alpha value is -1.46. The van der Waals surface area contributed by atoms with Crippen LogP contribution in [-0.2, 0) is 4.79 Å². The summed E-state index contributed by atoms with van der Waals surface area (Å²) < 4.78 is 13.3. The molecular formula is C16H25FN2O2. The van der Waals surface area contributed by atoms with E-state index in [4.69, 9.17) is 0 Å². The van der Waals surface area contributed by atoms with Crippen molar-refractivity contribution in [1.82, 2.24) is 10.2 Å². The van der Waals surface area contributed by atoms with E-state index >= 15 is 0 Å². The molecule has 0 aliphatic heterocycles. The highest BCUT2D eigenvalue weighted by Crippen LogP contribution is 2.17. The van der Waals surface area contributed by atoms with E-state index in [1.165, 1.54) is 12.1 Å². The van der Waals surface area contributed by atoms with Crippen LogP contribution < -0.4 is 5.32 Å². The number of nitrogens with one attached hydrogen (secondary N) is 1. The van der Waals surface area contributed by atoms with Crippen molar-refractivity contribution in [2.24, 2.45) is 0 Å². The van der Waals surface area contributed by atoms with Gasteiger partial charge in [-0.15, -0.1) is 0 Å². The summed E-state index contributed by atoms with van der Waals surface area (Å²) in [5.74, 6) is -1.26. The molecule has 0 radical (unpaired) electrons. The molecule has 1 aromatic rings. The normalized spacial score (nSPS) is 12.6. The van der Waals surface area contributed by atoms with Crippen LogP contribution in [0.2, 0.25) is 0 Å². The molecule has 0 amide bonds. The van der Waals surface area contributed by atoms with Gasteiger partial charge in [0.2, 0.25) is 0 Å². The predicted molar refractivity (Wildman–Crippen MR) is 81.9 cm³/mol. The fourth-order valence-corrected chi connectivity index (χ4v) is 2.28. The molecule has 0 fully saturated rings. The van der Waals surface area contributed by atoms with Gasteiger partial charge in [-0.25, -0.2) is 4.39 Å². The van der Waals surface area contributed by atoms with Crippen molar-refractivity contribution in [1.29, 1.82) is 0 Å². The first kappa shape index (κ1) is 17.6. The summed E-state index contributed by atoms with van der Waals surface area (Å²) in [4.78, 5) is 13.7. The van der Waals surface area contributed by atoms with Crippen LogP contribution in [0.1, 0.15) is 37.4 Å². The lowest BCUT2D eigenvalue weighted by Gasteiger charge is -2.19. The topological polar surface area (TPSA) is 52.6 Å². The molecule has 118 valence electrons. The smallest absolute Gasteiger partial charge is 0.325 e. The van der Waals surface area contributed by atoms with Gasteiger partial charge >= 0.3 is 5.97 Å². The maximum atomic E-state index is 13.3. The Balaban J connectivity index is 2.58. The van der Waals surface area contributed by atoms with E-state index in [9.17, 15) is 14.3 Å². The van der Waals surface area contributed by atoms with Gasteiger partial charge in [0, 0.05) is 0 Å². The molecule has 0 heterocycles. The Bertz CT molecular complexity index is 462.